The van der Waals surface area contributed by atoms with Gasteiger partial charge in [0, 0.05) is 22.0 Å². The second-order valence-corrected chi connectivity index (χ2v) is 9.03. The molecule has 1 heterocycles. The molecule has 1 aliphatic heterocycles. The predicted molar refractivity (Wildman–Crippen MR) is 124 cm³/mol. The number of carbonyl (C=O) groups is 2. The molecule has 170 valence electrons. The molecule has 0 radical (unpaired) electrons. The molecule has 0 spiro atoms. The van der Waals surface area contributed by atoms with E-state index in [1.54, 1.807) is 48.5 Å². The van der Waals surface area contributed by atoms with Crippen LogP contribution >= 0.6 is 0 Å². The van der Waals surface area contributed by atoms with Crippen LogP contribution < -0.4 is 9.64 Å². The van der Waals surface area contributed by atoms with Crippen molar-refractivity contribution in [1.82, 2.24) is 0 Å². The van der Waals surface area contributed by atoms with Crippen LogP contribution in [0.15, 0.2) is 72.8 Å². The van der Waals surface area contributed by atoms with Crippen LogP contribution in [-0.2, 0) is 15.1 Å². The van der Waals surface area contributed by atoms with Gasteiger partial charge in [-0.1, -0.05) is 55.5 Å². The number of ether oxygens (including phenoxy) is 1. The molecule has 7 rings (SSSR count). The number of carbonyl (C=O) groups excluding carboxylic acids is 2. The fourth-order valence-corrected chi connectivity index (χ4v) is 6.21. The summed E-state index contributed by atoms with van der Waals surface area (Å²) in [6.45, 7) is 2.57. The topological polar surface area (TPSA) is 89.8 Å². The second-order valence-electron chi connectivity index (χ2n) is 9.03. The molecule has 7 nitrogen and oxygen atoms in total. The Bertz CT molecular complexity index is 1300. The summed E-state index contributed by atoms with van der Waals surface area (Å²) in [5.41, 5.74) is 1.13. The van der Waals surface area contributed by atoms with Crippen LogP contribution in [0.5, 0.6) is 5.75 Å². The first-order chi connectivity index (χ1) is 16.5. The van der Waals surface area contributed by atoms with Crippen molar-refractivity contribution in [3.63, 3.8) is 0 Å². The Kier molecular flexibility index (Phi) is 4.39. The highest BCUT2D eigenvalue weighted by atomic mass is 16.6. The zero-order valence-corrected chi connectivity index (χ0v) is 18.5. The minimum absolute atomic E-state index is 0.353. The van der Waals surface area contributed by atoms with Gasteiger partial charge in [-0.3, -0.25) is 19.7 Å². The quantitative estimate of drug-likeness (QED) is 0.326. The van der Waals surface area contributed by atoms with E-state index in [9.17, 15) is 19.7 Å². The highest BCUT2D eigenvalue weighted by Crippen LogP contribution is 2.64. The van der Waals surface area contributed by atoms with E-state index in [4.69, 9.17) is 4.74 Å². The van der Waals surface area contributed by atoms with Crippen molar-refractivity contribution in [2.24, 2.45) is 11.8 Å². The smallest absolute Gasteiger partial charge is 0.285 e. The normalized spacial score (nSPS) is 26.1. The van der Waals surface area contributed by atoms with Crippen molar-refractivity contribution >= 4 is 17.5 Å². The standard InChI is InChI=1S/C27H22N2O5/c1-2-15-34-17-13-11-16(12-14-17)28-25(30)23-22-18-7-3-5-9-20(18)27(29(32)33,24(23)26(28)31)21-10-6-4-8-19(21)22/h3-14,22-24H,2,15H2,1H3/t22?,23-,24-,27?/m1/s1. The predicted octanol–water partition coefficient (Wildman–Crippen LogP) is 4.26. The van der Waals surface area contributed by atoms with Crippen molar-refractivity contribution in [1.29, 1.82) is 0 Å². The molecular weight excluding hydrogens is 432 g/mol. The number of imide groups is 1. The molecule has 7 heteroatoms. The summed E-state index contributed by atoms with van der Waals surface area (Å²) in [5, 5.41) is 12.9. The Morgan fingerprint density at radius 2 is 1.50 bits per heavy atom. The molecule has 0 aromatic heterocycles. The average molecular weight is 454 g/mol. The Labute approximate surface area is 196 Å². The number of benzene rings is 3. The monoisotopic (exact) mass is 454 g/mol. The van der Waals surface area contributed by atoms with Crippen molar-refractivity contribution in [2.75, 3.05) is 11.5 Å². The Morgan fingerprint density at radius 3 is 2.06 bits per heavy atom. The number of hydrogen-bond donors (Lipinski definition) is 0. The van der Waals surface area contributed by atoms with Gasteiger partial charge in [-0.25, -0.2) is 4.90 Å². The summed E-state index contributed by atoms with van der Waals surface area (Å²) < 4.78 is 5.62. The molecule has 34 heavy (non-hydrogen) atoms. The number of nitro groups is 1. The summed E-state index contributed by atoms with van der Waals surface area (Å²) in [6.07, 6.45) is 0.861. The molecule has 2 atom stereocenters. The highest BCUT2D eigenvalue weighted by molar-refractivity contribution is 6.23. The lowest BCUT2D eigenvalue weighted by Gasteiger charge is -2.48. The highest BCUT2D eigenvalue weighted by Gasteiger charge is 2.74. The van der Waals surface area contributed by atoms with E-state index in [0.717, 1.165) is 22.4 Å². The zero-order chi connectivity index (χ0) is 23.6. The van der Waals surface area contributed by atoms with Crippen molar-refractivity contribution in [3.8, 4) is 5.75 Å². The lowest BCUT2D eigenvalue weighted by atomic mass is 9.51. The van der Waals surface area contributed by atoms with E-state index in [2.05, 4.69) is 0 Å². The van der Waals surface area contributed by atoms with Crippen LogP contribution in [0.4, 0.5) is 5.69 Å². The van der Waals surface area contributed by atoms with E-state index >= 15 is 0 Å². The summed E-state index contributed by atoms with van der Waals surface area (Å²) in [7, 11) is 0. The molecular formula is C27H22N2O5. The van der Waals surface area contributed by atoms with Gasteiger partial charge in [0.1, 0.15) is 11.7 Å². The number of rotatable bonds is 5. The fraction of sp³-hybridized carbons (Fsp3) is 0.259. The van der Waals surface area contributed by atoms with E-state index in [-0.39, 0.29) is 4.92 Å². The number of hydrogen-bond acceptors (Lipinski definition) is 5. The summed E-state index contributed by atoms with van der Waals surface area (Å²) >= 11 is 0. The third kappa shape index (κ3) is 2.41. The lowest BCUT2D eigenvalue weighted by molar-refractivity contribution is -0.578. The molecule has 4 aliphatic rings. The molecule has 3 aliphatic carbocycles. The molecule has 0 saturated carbocycles. The van der Waals surface area contributed by atoms with Crippen molar-refractivity contribution < 1.29 is 19.2 Å². The first kappa shape index (κ1) is 20.6. The van der Waals surface area contributed by atoms with Crippen LogP contribution in [-0.4, -0.2) is 23.3 Å². The van der Waals surface area contributed by atoms with Gasteiger partial charge in [0.15, 0.2) is 0 Å². The molecule has 3 aromatic rings. The minimum atomic E-state index is -1.81. The largest absolute Gasteiger partial charge is 0.494 e. The third-order valence-electron chi connectivity index (χ3n) is 7.43. The van der Waals surface area contributed by atoms with Gasteiger partial charge in [-0.2, -0.15) is 0 Å². The Morgan fingerprint density at radius 1 is 0.912 bits per heavy atom. The average Bonchev–Trinajstić information content (AvgIpc) is 3.13. The fourth-order valence-electron chi connectivity index (χ4n) is 6.21. The van der Waals surface area contributed by atoms with Crippen molar-refractivity contribution in [2.45, 2.75) is 24.8 Å². The first-order valence-electron chi connectivity index (χ1n) is 11.5. The molecule has 2 bridgehead atoms. The maximum Gasteiger partial charge on any atom is 0.285 e. The third-order valence-corrected chi connectivity index (χ3v) is 7.43. The van der Waals surface area contributed by atoms with Crippen LogP contribution in [0.2, 0.25) is 0 Å². The zero-order valence-electron chi connectivity index (χ0n) is 18.5. The maximum absolute atomic E-state index is 13.9. The van der Waals surface area contributed by atoms with Gasteiger partial charge in [0.2, 0.25) is 11.8 Å². The molecule has 1 saturated heterocycles. The Balaban J connectivity index is 1.54. The first-order valence-corrected chi connectivity index (χ1v) is 11.5. The molecule has 3 aromatic carbocycles. The van der Waals surface area contributed by atoms with Gasteiger partial charge in [0.05, 0.1) is 18.2 Å². The van der Waals surface area contributed by atoms with Crippen LogP contribution in [0.3, 0.4) is 0 Å². The molecule has 0 unspecified atom stereocenters. The number of amides is 2. The molecule has 0 N–H and O–H groups in total. The van der Waals surface area contributed by atoms with E-state index in [0.29, 0.717) is 29.2 Å². The Hall–Kier alpha value is -4.00. The summed E-state index contributed by atoms with van der Waals surface area (Å²) in [4.78, 5) is 41.5. The van der Waals surface area contributed by atoms with E-state index in [1.807, 2.05) is 31.2 Å². The minimum Gasteiger partial charge on any atom is -0.494 e. The molecule has 2 amide bonds. The van der Waals surface area contributed by atoms with E-state index < -0.39 is 35.1 Å². The summed E-state index contributed by atoms with van der Waals surface area (Å²) in [6, 6.07) is 21.1. The van der Waals surface area contributed by atoms with Crippen LogP contribution in [0.25, 0.3) is 0 Å². The van der Waals surface area contributed by atoms with Gasteiger partial charge in [-0.05, 0) is 41.8 Å². The van der Waals surface area contributed by atoms with E-state index in [1.165, 1.54) is 0 Å². The number of anilines is 1. The summed E-state index contributed by atoms with van der Waals surface area (Å²) in [5.74, 6) is -2.63. The van der Waals surface area contributed by atoms with Gasteiger partial charge in [-0.15, -0.1) is 0 Å². The lowest BCUT2D eigenvalue weighted by Crippen LogP contribution is -2.57. The number of nitrogens with zero attached hydrogens (tertiary/aromatic N) is 2. The maximum atomic E-state index is 13.9. The van der Waals surface area contributed by atoms with Crippen LogP contribution in [0, 0.1) is 22.0 Å². The van der Waals surface area contributed by atoms with Gasteiger partial charge >= 0.3 is 0 Å². The van der Waals surface area contributed by atoms with Crippen molar-refractivity contribution in [3.05, 3.63) is 105 Å². The van der Waals surface area contributed by atoms with Gasteiger partial charge in [0.25, 0.3) is 5.54 Å². The second kappa shape index (κ2) is 7.25. The molecule has 1 fully saturated rings. The van der Waals surface area contributed by atoms with Crippen LogP contribution in [0.1, 0.15) is 41.5 Å². The SMILES string of the molecule is CCCOc1ccc(N2C(=O)[C@@H]3C4c5ccccc5C([N+](=O)[O-])(c5ccccc54)[C@H]3C2=O)cc1. The van der Waals surface area contributed by atoms with Gasteiger partial charge < -0.3 is 4.74 Å².